The molecule has 0 amide bonds. The predicted molar refractivity (Wildman–Crippen MR) is 73.0 cm³/mol. The fourth-order valence-corrected chi connectivity index (χ4v) is 3.41. The summed E-state index contributed by atoms with van der Waals surface area (Å²) in [4.78, 5) is 0. The van der Waals surface area contributed by atoms with Gasteiger partial charge in [-0.05, 0) is 31.4 Å². The van der Waals surface area contributed by atoms with Crippen molar-refractivity contribution in [1.82, 2.24) is 4.72 Å². The average Bonchev–Trinajstić information content (AvgIpc) is 2.34. The van der Waals surface area contributed by atoms with Crippen LogP contribution in [0.25, 0.3) is 0 Å². The van der Waals surface area contributed by atoms with Gasteiger partial charge in [0.2, 0.25) is 10.0 Å². The third-order valence-corrected chi connectivity index (χ3v) is 4.30. The Morgan fingerprint density at radius 2 is 1.90 bits per heavy atom. The second-order valence-electron chi connectivity index (χ2n) is 4.80. The average molecular weight is 325 g/mol. The molecule has 0 aliphatic heterocycles. The number of sulfonamides is 1. The van der Waals surface area contributed by atoms with Crippen molar-refractivity contribution < 1.29 is 26.7 Å². The van der Waals surface area contributed by atoms with E-state index in [1.54, 1.807) is 6.92 Å². The van der Waals surface area contributed by atoms with Crippen LogP contribution < -0.4 is 4.72 Å². The van der Waals surface area contributed by atoms with E-state index in [1.165, 1.54) is 12.1 Å². The van der Waals surface area contributed by atoms with Crippen molar-refractivity contribution in [2.45, 2.75) is 37.7 Å². The molecule has 0 radical (unpaired) electrons. The number of aliphatic hydroxyl groups excluding tert-OH is 1. The van der Waals surface area contributed by atoms with Crippen LogP contribution in [0.2, 0.25) is 0 Å². The van der Waals surface area contributed by atoms with Crippen LogP contribution in [0.3, 0.4) is 0 Å². The Labute approximate surface area is 122 Å². The van der Waals surface area contributed by atoms with E-state index in [4.69, 9.17) is 5.11 Å². The Kier molecular flexibility index (Phi) is 6.18. The Morgan fingerprint density at radius 3 is 2.48 bits per heavy atom. The maximum absolute atomic E-state index is 12.8. The van der Waals surface area contributed by atoms with E-state index in [-0.39, 0.29) is 12.2 Å². The van der Waals surface area contributed by atoms with Gasteiger partial charge in [0.05, 0.1) is 11.3 Å². The molecule has 1 atom stereocenters. The van der Waals surface area contributed by atoms with Crippen LogP contribution in [0, 0.1) is 0 Å². The molecule has 0 aromatic heterocycles. The van der Waals surface area contributed by atoms with E-state index in [0.717, 1.165) is 12.1 Å². The highest BCUT2D eigenvalue weighted by Gasteiger charge is 2.34. The minimum atomic E-state index is -4.59. The largest absolute Gasteiger partial charge is 0.416 e. The minimum absolute atomic E-state index is 0.0665. The lowest BCUT2D eigenvalue weighted by Crippen LogP contribution is -2.34. The highest BCUT2D eigenvalue weighted by molar-refractivity contribution is 7.88. The van der Waals surface area contributed by atoms with Crippen molar-refractivity contribution in [3.63, 3.8) is 0 Å². The van der Waals surface area contributed by atoms with E-state index in [0.29, 0.717) is 12.8 Å². The van der Waals surface area contributed by atoms with Gasteiger partial charge in [0.1, 0.15) is 0 Å². The van der Waals surface area contributed by atoms with Gasteiger partial charge in [-0.25, -0.2) is 13.1 Å². The van der Waals surface area contributed by atoms with Crippen LogP contribution >= 0.6 is 0 Å². The molecule has 4 nitrogen and oxygen atoms in total. The van der Waals surface area contributed by atoms with Crippen molar-refractivity contribution >= 4 is 10.0 Å². The van der Waals surface area contributed by atoms with Gasteiger partial charge < -0.3 is 5.11 Å². The number of halogens is 3. The number of rotatable bonds is 7. The molecule has 0 aliphatic rings. The van der Waals surface area contributed by atoms with Crippen LogP contribution in [0.5, 0.6) is 0 Å². The third-order valence-electron chi connectivity index (χ3n) is 2.84. The first-order chi connectivity index (χ1) is 9.65. The number of aliphatic hydroxyl groups is 1. The summed E-state index contributed by atoms with van der Waals surface area (Å²) < 4.78 is 64.6. The van der Waals surface area contributed by atoms with Crippen LogP contribution in [-0.2, 0) is 22.0 Å². The monoisotopic (exact) mass is 325 g/mol. The zero-order chi connectivity index (χ0) is 16.1. The summed E-state index contributed by atoms with van der Waals surface area (Å²) in [6.45, 7) is 1.53. The van der Waals surface area contributed by atoms with Gasteiger partial charge in [-0.3, -0.25) is 0 Å². The van der Waals surface area contributed by atoms with Crippen molar-refractivity contribution in [3.05, 3.63) is 35.4 Å². The summed E-state index contributed by atoms with van der Waals surface area (Å²) in [6.07, 6.45) is -3.76. The van der Waals surface area contributed by atoms with E-state index in [9.17, 15) is 21.6 Å². The summed E-state index contributed by atoms with van der Waals surface area (Å²) in [6, 6.07) is 4.16. The van der Waals surface area contributed by atoms with E-state index in [1.807, 2.05) is 0 Å². The summed E-state index contributed by atoms with van der Waals surface area (Å²) in [5, 5.41) is 8.67. The molecule has 0 saturated carbocycles. The fraction of sp³-hybridized carbons (Fsp3) is 0.538. The molecule has 120 valence electrons. The number of nitrogens with one attached hydrogen (secondary N) is 1. The molecule has 0 saturated heterocycles. The fourth-order valence-electron chi connectivity index (χ4n) is 1.93. The summed E-state index contributed by atoms with van der Waals surface area (Å²) in [5.41, 5.74) is -1.23. The maximum Gasteiger partial charge on any atom is 0.416 e. The zero-order valence-corrected chi connectivity index (χ0v) is 12.3. The first kappa shape index (κ1) is 17.9. The summed E-state index contributed by atoms with van der Waals surface area (Å²) in [5.74, 6) is -0.730. The highest BCUT2D eigenvalue weighted by atomic mass is 32.2. The normalized spacial score (nSPS) is 14.1. The maximum atomic E-state index is 12.8. The van der Waals surface area contributed by atoms with Crippen molar-refractivity contribution in [3.8, 4) is 0 Å². The molecule has 8 heteroatoms. The lowest BCUT2D eigenvalue weighted by molar-refractivity contribution is -0.138. The smallest absolute Gasteiger partial charge is 0.396 e. The molecule has 0 bridgehead atoms. The molecule has 0 aliphatic carbocycles. The van der Waals surface area contributed by atoms with Gasteiger partial charge >= 0.3 is 6.18 Å². The second kappa shape index (κ2) is 7.24. The molecule has 1 rings (SSSR count). The summed E-state index contributed by atoms with van der Waals surface area (Å²) >= 11 is 0. The molecule has 21 heavy (non-hydrogen) atoms. The first-order valence-corrected chi connectivity index (χ1v) is 8.07. The van der Waals surface area contributed by atoms with Crippen LogP contribution in [-0.4, -0.2) is 26.2 Å². The molecule has 1 unspecified atom stereocenters. The first-order valence-electron chi connectivity index (χ1n) is 6.41. The predicted octanol–water partition coefficient (Wildman–Crippen LogP) is 2.29. The van der Waals surface area contributed by atoms with E-state index < -0.39 is 33.6 Å². The molecule has 0 fully saturated rings. The van der Waals surface area contributed by atoms with E-state index in [2.05, 4.69) is 4.72 Å². The standard InChI is InChI=1S/C13H18F3NO3S/c1-10(5-4-8-18)17-21(19,20)9-11-6-2-3-7-12(11)13(14,15)16/h2-3,6-7,10,17-18H,4-5,8-9H2,1H3. The van der Waals surface area contributed by atoms with Gasteiger partial charge in [0.15, 0.2) is 0 Å². The Morgan fingerprint density at radius 1 is 1.29 bits per heavy atom. The Balaban J connectivity index is 2.85. The molecule has 0 heterocycles. The van der Waals surface area contributed by atoms with Crippen LogP contribution in [0.15, 0.2) is 24.3 Å². The van der Waals surface area contributed by atoms with Gasteiger partial charge in [-0.15, -0.1) is 0 Å². The van der Waals surface area contributed by atoms with Gasteiger partial charge in [-0.1, -0.05) is 18.2 Å². The molecule has 0 spiro atoms. The van der Waals surface area contributed by atoms with Crippen molar-refractivity contribution in [2.75, 3.05) is 6.61 Å². The molecule has 2 N–H and O–H groups in total. The molecular weight excluding hydrogens is 307 g/mol. The van der Waals surface area contributed by atoms with E-state index >= 15 is 0 Å². The SMILES string of the molecule is CC(CCCO)NS(=O)(=O)Cc1ccccc1C(F)(F)F. The molecule has 1 aromatic rings. The zero-order valence-electron chi connectivity index (χ0n) is 11.5. The Bertz CT molecular complexity index is 558. The number of hydrogen-bond acceptors (Lipinski definition) is 3. The van der Waals surface area contributed by atoms with Crippen LogP contribution in [0.1, 0.15) is 30.9 Å². The van der Waals surface area contributed by atoms with Gasteiger partial charge in [0.25, 0.3) is 0 Å². The quantitative estimate of drug-likeness (QED) is 0.808. The number of hydrogen-bond donors (Lipinski definition) is 2. The molecular formula is C13H18F3NO3S. The topological polar surface area (TPSA) is 66.4 Å². The number of alkyl halides is 3. The Hall–Kier alpha value is -1.12. The third kappa shape index (κ3) is 6.03. The van der Waals surface area contributed by atoms with Gasteiger partial charge in [-0.2, -0.15) is 13.2 Å². The lowest BCUT2D eigenvalue weighted by atomic mass is 10.1. The second-order valence-corrected chi connectivity index (χ2v) is 6.55. The van der Waals surface area contributed by atoms with Crippen molar-refractivity contribution in [1.29, 1.82) is 0 Å². The summed E-state index contributed by atoms with van der Waals surface area (Å²) in [7, 11) is -3.88. The lowest BCUT2D eigenvalue weighted by Gasteiger charge is -2.16. The van der Waals surface area contributed by atoms with Crippen LogP contribution in [0.4, 0.5) is 13.2 Å². The number of benzene rings is 1. The molecule has 1 aromatic carbocycles. The van der Waals surface area contributed by atoms with Crippen molar-refractivity contribution in [2.24, 2.45) is 0 Å². The minimum Gasteiger partial charge on any atom is -0.396 e. The van der Waals surface area contributed by atoms with Gasteiger partial charge in [0, 0.05) is 12.6 Å². The highest BCUT2D eigenvalue weighted by Crippen LogP contribution is 2.32.